The predicted molar refractivity (Wildman–Crippen MR) is 135 cm³/mol. The molecular weight excluding hydrogens is 437 g/mol. The minimum absolute atomic E-state index is 0.793. The van der Waals surface area contributed by atoms with Crippen LogP contribution in [0.5, 0.6) is 0 Å². The van der Waals surface area contributed by atoms with Crippen molar-refractivity contribution in [2.24, 2.45) is 0 Å². The lowest BCUT2D eigenvalue weighted by Crippen LogP contribution is -2.43. The number of hydrogen-bond donors (Lipinski definition) is 0. The molecule has 0 aromatic heterocycles. The number of likely N-dealkylation sites (tertiary alicyclic amines) is 1. The first-order chi connectivity index (χ1) is 15.8. The molecule has 0 amide bonds. The highest BCUT2D eigenvalue weighted by Gasteiger charge is 2.42. The van der Waals surface area contributed by atoms with Gasteiger partial charge >= 0.3 is 0 Å². The molecule has 3 heterocycles. The molecule has 0 N–H and O–H groups in total. The molecule has 1 aromatic rings. The molecule has 7 heteroatoms. The standard InChI is InChI=1S/C25H36N3O2PS/c32-31(27-13-17-29-18-14-27,28-15-19-30-20-16-28)24-10-9-23(21-22-7-3-1-4-8-22)25(24)26-11-5-2-6-12-26/h1,3-4,7-8,21H,2,5-6,9-20H2/b23-21-. The Labute approximate surface area is 198 Å². The van der Waals surface area contributed by atoms with Gasteiger partial charge in [0.1, 0.15) is 6.34 Å². The number of hydrogen-bond acceptors (Lipinski definition) is 4. The molecule has 174 valence electrons. The van der Waals surface area contributed by atoms with Gasteiger partial charge in [-0.05, 0) is 49.3 Å². The maximum Gasteiger partial charge on any atom is 0.105 e. The third-order valence-electron chi connectivity index (χ3n) is 7.11. The van der Waals surface area contributed by atoms with Gasteiger partial charge in [-0.2, -0.15) is 0 Å². The third-order valence-corrected chi connectivity index (χ3v) is 12.6. The molecule has 5 nitrogen and oxygen atoms in total. The van der Waals surface area contributed by atoms with Crippen molar-refractivity contribution in [3.8, 4) is 0 Å². The van der Waals surface area contributed by atoms with Gasteiger partial charge in [-0.3, -0.25) is 9.34 Å². The topological polar surface area (TPSA) is 28.2 Å². The molecule has 0 atom stereocenters. The van der Waals surface area contributed by atoms with Gasteiger partial charge in [0.15, 0.2) is 0 Å². The van der Waals surface area contributed by atoms with E-state index >= 15 is 0 Å². The van der Waals surface area contributed by atoms with E-state index in [4.69, 9.17) is 21.3 Å². The zero-order chi connectivity index (χ0) is 21.8. The highest BCUT2D eigenvalue weighted by molar-refractivity contribution is 8.14. The second-order valence-electron chi connectivity index (χ2n) is 9.10. The van der Waals surface area contributed by atoms with Gasteiger partial charge in [0.25, 0.3) is 0 Å². The Bertz CT molecular complexity index is 864. The molecule has 4 aliphatic rings. The Morgan fingerprint density at radius 3 is 1.94 bits per heavy atom. The molecule has 32 heavy (non-hydrogen) atoms. The van der Waals surface area contributed by atoms with Crippen molar-refractivity contribution in [3.05, 3.63) is 52.5 Å². The minimum atomic E-state index is -2.05. The van der Waals surface area contributed by atoms with Crippen LogP contribution < -0.4 is 0 Å². The van der Waals surface area contributed by atoms with Gasteiger partial charge in [-0.15, -0.1) is 0 Å². The monoisotopic (exact) mass is 473 g/mol. The van der Waals surface area contributed by atoms with Gasteiger partial charge in [0.2, 0.25) is 0 Å². The van der Waals surface area contributed by atoms with Crippen LogP contribution in [0, 0.1) is 0 Å². The van der Waals surface area contributed by atoms with E-state index in [1.54, 1.807) is 5.31 Å². The molecular formula is C25H36N3O2PS. The maximum absolute atomic E-state index is 6.81. The maximum atomic E-state index is 6.81. The Hall–Kier alpha value is -1.01. The van der Waals surface area contributed by atoms with Gasteiger partial charge in [0, 0.05) is 50.3 Å². The molecule has 0 unspecified atom stereocenters. The Morgan fingerprint density at radius 1 is 0.750 bits per heavy atom. The molecule has 1 aromatic carbocycles. The molecule has 5 rings (SSSR count). The van der Waals surface area contributed by atoms with Crippen LogP contribution in [-0.2, 0) is 21.3 Å². The summed E-state index contributed by atoms with van der Waals surface area (Å²) in [6.07, 6.45) is 6.49. The summed E-state index contributed by atoms with van der Waals surface area (Å²) in [6, 6.07) is 10.8. The van der Waals surface area contributed by atoms with Gasteiger partial charge in [-0.1, -0.05) is 42.1 Å². The number of ether oxygens (including phenoxy) is 2. The number of rotatable bonds is 5. The van der Waals surface area contributed by atoms with E-state index in [0.717, 1.165) is 78.5 Å². The minimum Gasteiger partial charge on any atom is -0.379 e. The van der Waals surface area contributed by atoms with Crippen LogP contribution in [0.25, 0.3) is 6.08 Å². The molecule has 0 saturated carbocycles. The van der Waals surface area contributed by atoms with E-state index < -0.39 is 6.34 Å². The first-order valence-electron chi connectivity index (χ1n) is 12.3. The molecule has 3 fully saturated rings. The van der Waals surface area contributed by atoms with Crippen LogP contribution in [0.4, 0.5) is 0 Å². The van der Waals surface area contributed by atoms with Crippen LogP contribution >= 0.6 is 6.34 Å². The summed E-state index contributed by atoms with van der Waals surface area (Å²) < 4.78 is 16.7. The van der Waals surface area contributed by atoms with Crippen LogP contribution in [-0.4, -0.2) is 79.9 Å². The van der Waals surface area contributed by atoms with Crippen molar-refractivity contribution in [2.45, 2.75) is 32.1 Å². The Morgan fingerprint density at radius 2 is 1.34 bits per heavy atom. The average Bonchev–Trinajstić information content (AvgIpc) is 3.29. The van der Waals surface area contributed by atoms with Gasteiger partial charge in [-0.25, -0.2) is 0 Å². The first-order valence-corrected chi connectivity index (χ1v) is 15.0. The van der Waals surface area contributed by atoms with E-state index in [-0.39, 0.29) is 0 Å². The van der Waals surface area contributed by atoms with Crippen molar-refractivity contribution in [1.82, 2.24) is 14.2 Å². The molecule has 0 radical (unpaired) electrons. The van der Waals surface area contributed by atoms with Crippen LogP contribution in [0.3, 0.4) is 0 Å². The fourth-order valence-electron chi connectivity index (χ4n) is 5.52. The molecule has 0 spiro atoms. The number of allylic oxidation sites excluding steroid dienone is 2. The second kappa shape index (κ2) is 10.5. The Kier molecular flexibility index (Phi) is 7.47. The number of nitrogens with zero attached hydrogens (tertiary/aromatic N) is 3. The largest absolute Gasteiger partial charge is 0.379 e. The van der Waals surface area contributed by atoms with E-state index in [1.165, 1.54) is 36.1 Å². The molecule has 3 aliphatic heterocycles. The fraction of sp³-hybridized carbons (Fsp3) is 0.600. The summed E-state index contributed by atoms with van der Waals surface area (Å²) in [4.78, 5) is 2.68. The summed E-state index contributed by atoms with van der Waals surface area (Å²) in [5, 5.41) is 1.56. The normalized spacial score (nSPS) is 25.6. The fourth-order valence-corrected chi connectivity index (χ4v) is 10.5. The van der Waals surface area contributed by atoms with E-state index in [2.05, 4.69) is 50.6 Å². The van der Waals surface area contributed by atoms with Crippen LogP contribution in [0.15, 0.2) is 46.9 Å². The van der Waals surface area contributed by atoms with Crippen molar-refractivity contribution < 1.29 is 9.47 Å². The average molecular weight is 474 g/mol. The summed E-state index contributed by atoms with van der Waals surface area (Å²) >= 11 is 6.81. The Balaban J connectivity index is 1.61. The summed E-state index contributed by atoms with van der Waals surface area (Å²) in [7, 11) is 0. The summed E-state index contributed by atoms with van der Waals surface area (Å²) in [5.41, 5.74) is 4.28. The number of morpholine rings is 2. The van der Waals surface area contributed by atoms with Gasteiger partial charge in [0.05, 0.1) is 26.4 Å². The lowest BCUT2D eigenvalue weighted by Gasteiger charge is -2.47. The highest BCUT2D eigenvalue weighted by atomic mass is 32.4. The predicted octanol–water partition coefficient (Wildman–Crippen LogP) is 4.54. The summed E-state index contributed by atoms with van der Waals surface area (Å²) in [6.45, 7) is 9.28. The van der Waals surface area contributed by atoms with Crippen molar-refractivity contribution in [2.75, 3.05) is 65.7 Å². The third kappa shape index (κ3) is 4.64. The van der Waals surface area contributed by atoms with Crippen molar-refractivity contribution in [3.63, 3.8) is 0 Å². The quantitative estimate of drug-likeness (QED) is 0.584. The zero-order valence-electron chi connectivity index (χ0n) is 19.1. The smallest absolute Gasteiger partial charge is 0.105 e. The molecule has 3 saturated heterocycles. The first kappa shape index (κ1) is 22.8. The van der Waals surface area contributed by atoms with Crippen molar-refractivity contribution >= 4 is 24.2 Å². The van der Waals surface area contributed by atoms with Gasteiger partial charge < -0.3 is 14.4 Å². The van der Waals surface area contributed by atoms with Crippen molar-refractivity contribution in [1.29, 1.82) is 0 Å². The van der Waals surface area contributed by atoms with Crippen LogP contribution in [0.2, 0.25) is 0 Å². The molecule has 1 aliphatic carbocycles. The number of piperidine rings is 1. The van der Waals surface area contributed by atoms with E-state index in [1.807, 2.05) is 0 Å². The van der Waals surface area contributed by atoms with E-state index in [0.29, 0.717) is 0 Å². The molecule has 0 bridgehead atoms. The second-order valence-corrected chi connectivity index (χ2v) is 13.4. The lowest BCUT2D eigenvalue weighted by molar-refractivity contribution is 0.0584. The number of benzene rings is 1. The highest BCUT2D eigenvalue weighted by Crippen LogP contribution is 2.66. The lowest BCUT2D eigenvalue weighted by atomic mass is 10.1. The zero-order valence-corrected chi connectivity index (χ0v) is 20.8. The SMILES string of the molecule is S=P(C1=C(N2CCCCC2)/C(=C\c2ccccc2)CC1)(N1CCOCC1)N1CCOCC1. The summed E-state index contributed by atoms with van der Waals surface area (Å²) in [5.74, 6) is 0. The van der Waals surface area contributed by atoms with Crippen LogP contribution in [0.1, 0.15) is 37.7 Å². The van der Waals surface area contributed by atoms with E-state index in [9.17, 15) is 0 Å².